The largest absolute Gasteiger partial charge is 0.465 e. The van der Waals surface area contributed by atoms with E-state index in [1.165, 1.54) is 33.9 Å². The summed E-state index contributed by atoms with van der Waals surface area (Å²) in [6, 6.07) is 3.56. The van der Waals surface area contributed by atoms with Gasteiger partial charge in [0.1, 0.15) is 12.4 Å². The number of hydrogen-bond donors (Lipinski definition) is 1. The van der Waals surface area contributed by atoms with Crippen LogP contribution in [0, 0.1) is 5.82 Å². The minimum Gasteiger partial charge on any atom is -0.465 e. The van der Waals surface area contributed by atoms with Crippen LogP contribution in [0.1, 0.15) is 10.4 Å². The Balaban J connectivity index is 1.74. The van der Waals surface area contributed by atoms with Crippen molar-refractivity contribution in [2.24, 2.45) is 0 Å². The molecule has 2 aliphatic heterocycles. The summed E-state index contributed by atoms with van der Waals surface area (Å²) >= 11 is 0. The van der Waals surface area contributed by atoms with Crippen molar-refractivity contribution in [3.63, 3.8) is 0 Å². The zero-order valence-corrected chi connectivity index (χ0v) is 14.8. The highest BCUT2D eigenvalue weighted by molar-refractivity contribution is 5.96. The Hall–Kier alpha value is -2.88. The van der Waals surface area contributed by atoms with Crippen molar-refractivity contribution >= 4 is 23.8 Å². The van der Waals surface area contributed by atoms with Gasteiger partial charge in [-0.3, -0.25) is 9.69 Å². The molecule has 3 amide bonds. The summed E-state index contributed by atoms with van der Waals surface area (Å²) in [6.07, 6.45) is -1.64. The van der Waals surface area contributed by atoms with Crippen LogP contribution in [0.4, 0.5) is 19.7 Å². The van der Waals surface area contributed by atoms with Crippen LogP contribution < -0.4 is 4.90 Å². The molecule has 0 radical (unpaired) electrons. The summed E-state index contributed by atoms with van der Waals surface area (Å²) in [4.78, 5) is 39.3. The Labute approximate surface area is 154 Å². The smallest absolute Gasteiger partial charge is 0.414 e. The molecule has 1 aromatic rings. The Kier molecular flexibility index (Phi) is 5.45. The zero-order valence-electron chi connectivity index (χ0n) is 14.8. The molecular weight excluding hydrogens is 361 g/mol. The molecule has 146 valence electrons. The fourth-order valence-corrected chi connectivity index (χ4v) is 3.19. The number of nitrogens with zero attached hydrogens (tertiary/aromatic N) is 3. The highest BCUT2D eigenvalue weighted by atomic mass is 19.1. The van der Waals surface area contributed by atoms with Gasteiger partial charge in [0.15, 0.2) is 0 Å². The second kappa shape index (κ2) is 7.78. The number of rotatable bonds is 4. The number of carbonyl (C=O) groups excluding carboxylic acids is 2. The molecule has 2 fully saturated rings. The lowest BCUT2D eigenvalue weighted by Gasteiger charge is -2.33. The van der Waals surface area contributed by atoms with Crippen molar-refractivity contribution in [2.75, 3.05) is 51.4 Å². The molecule has 10 heteroatoms. The van der Waals surface area contributed by atoms with Gasteiger partial charge in [0.25, 0.3) is 5.91 Å². The van der Waals surface area contributed by atoms with Gasteiger partial charge < -0.3 is 24.4 Å². The molecule has 27 heavy (non-hydrogen) atoms. The van der Waals surface area contributed by atoms with Crippen LogP contribution in [-0.2, 0) is 9.47 Å². The summed E-state index contributed by atoms with van der Waals surface area (Å²) in [5.41, 5.74) is 0.155. The van der Waals surface area contributed by atoms with Crippen molar-refractivity contribution in [3.05, 3.63) is 29.6 Å². The third-order valence-corrected chi connectivity index (χ3v) is 4.62. The van der Waals surface area contributed by atoms with E-state index in [0.29, 0.717) is 0 Å². The van der Waals surface area contributed by atoms with E-state index in [0.717, 1.165) is 6.07 Å². The van der Waals surface area contributed by atoms with Crippen molar-refractivity contribution in [3.8, 4) is 0 Å². The minimum atomic E-state index is -1.04. The molecule has 0 aromatic heterocycles. The second-order valence-electron chi connectivity index (χ2n) is 6.28. The molecule has 1 atom stereocenters. The van der Waals surface area contributed by atoms with Gasteiger partial charge in [-0.15, -0.1) is 0 Å². The molecule has 2 aliphatic rings. The van der Waals surface area contributed by atoms with Crippen LogP contribution in [0.2, 0.25) is 0 Å². The Morgan fingerprint density at radius 1 is 1.26 bits per heavy atom. The van der Waals surface area contributed by atoms with Gasteiger partial charge >= 0.3 is 12.2 Å². The van der Waals surface area contributed by atoms with Gasteiger partial charge in [0.2, 0.25) is 0 Å². The van der Waals surface area contributed by atoms with E-state index in [1.54, 1.807) is 0 Å². The number of cyclic esters (lactones) is 1. The highest BCUT2D eigenvalue weighted by Crippen LogP contribution is 2.26. The normalized spacial score (nSPS) is 20.0. The van der Waals surface area contributed by atoms with E-state index in [4.69, 9.17) is 14.6 Å². The molecule has 9 nitrogen and oxygen atoms in total. The summed E-state index contributed by atoms with van der Waals surface area (Å²) < 4.78 is 24.6. The highest BCUT2D eigenvalue weighted by Gasteiger charge is 2.35. The predicted octanol–water partition coefficient (Wildman–Crippen LogP) is 1.23. The average molecular weight is 381 g/mol. The van der Waals surface area contributed by atoms with E-state index >= 15 is 0 Å². The average Bonchev–Trinajstić information content (AvgIpc) is 3.02. The molecule has 0 bridgehead atoms. The lowest BCUT2D eigenvalue weighted by Crippen LogP contribution is -2.50. The minimum absolute atomic E-state index is 0.126. The van der Waals surface area contributed by atoms with E-state index in [1.807, 2.05) is 0 Å². The first kappa shape index (κ1) is 18.9. The fraction of sp³-hybridized carbons (Fsp3) is 0.471. The van der Waals surface area contributed by atoms with Crippen LogP contribution in [0.15, 0.2) is 18.2 Å². The number of carboxylic acid groups (broad SMARTS) is 1. The molecule has 1 aromatic carbocycles. The van der Waals surface area contributed by atoms with Crippen LogP contribution in [0.5, 0.6) is 0 Å². The number of anilines is 1. The maximum absolute atomic E-state index is 14.6. The molecule has 2 saturated heterocycles. The lowest BCUT2D eigenvalue weighted by atomic mass is 10.1. The maximum Gasteiger partial charge on any atom is 0.414 e. The molecule has 0 unspecified atom stereocenters. The van der Waals surface area contributed by atoms with E-state index in [-0.39, 0.29) is 56.7 Å². The number of hydrogen-bond acceptors (Lipinski definition) is 5. The first-order valence-corrected chi connectivity index (χ1v) is 8.44. The molecule has 1 N–H and O–H groups in total. The number of methoxy groups -OCH3 is 1. The van der Waals surface area contributed by atoms with Gasteiger partial charge in [-0.2, -0.15) is 0 Å². The Morgan fingerprint density at radius 3 is 2.52 bits per heavy atom. The summed E-state index contributed by atoms with van der Waals surface area (Å²) in [5.74, 6) is -1.27. The quantitative estimate of drug-likeness (QED) is 0.842. The Bertz CT molecular complexity index is 750. The number of halogens is 1. The Morgan fingerprint density at radius 2 is 1.93 bits per heavy atom. The standard InChI is InChI=1S/C17H20FN3O6/c1-26-9-12-10-27-17(25)21(12)11-2-3-13(14(18)8-11)15(22)19-4-6-20(7-5-19)16(23)24/h2-3,8,12H,4-7,9-10H2,1H3,(H,23,24)/t12-/m1/s1. The first-order valence-electron chi connectivity index (χ1n) is 8.44. The third kappa shape index (κ3) is 3.80. The third-order valence-electron chi connectivity index (χ3n) is 4.62. The number of ether oxygens (including phenoxy) is 2. The summed E-state index contributed by atoms with van der Waals surface area (Å²) in [7, 11) is 1.49. The zero-order chi connectivity index (χ0) is 19.6. The maximum atomic E-state index is 14.6. The molecule has 0 aliphatic carbocycles. The van der Waals surface area contributed by atoms with Crippen LogP contribution in [-0.4, -0.2) is 85.5 Å². The first-order chi connectivity index (χ1) is 12.9. The molecule has 0 spiro atoms. The molecule has 3 rings (SSSR count). The van der Waals surface area contributed by atoms with Crippen molar-refractivity contribution in [1.29, 1.82) is 0 Å². The molecule has 0 saturated carbocycles. The van der Waals surface area contributed by atoms with Crippen molar-refractivity contribution < 1.29 is 33.4 Å². The number of benzene rings is 1. The number of amides is 3. The number of carbonyl (C=O) groups is 3. The van der Waals surface area contributed by atoms with Crippen LogP contribution >= 0.6 is 0 Å². The fourth-order valence-electron chi connectivity index (χ4n) is 3.19. The van der Waals surface area contributed by atoms with Crippen molar-refractivity contribution in [2.45, 2.75) is 6.04 Å². The summed E-state index contributed by atoms with van der Waals surface area (Å²) in [5, 5.41) is 8.95. The second-order valence-corrected chi connectivity index (χ2v) is 6.28. The predicted molar refractivity (Wildman–Crippen MR) is 91.4 cm³/mol. The van der Waals surface area contributed by atoms with Gasteiger partial charge in [-0.05, 0) is 18.2 Å². The van der Waals surface area contributed by atoms with E-state index in [2.05, 4.69) is 0 Å². The van der Waals surface area contributed by atoms with E-state index in [9.17, 15) is 18.8 Å². The van der Waals surface area contributed by atoms with Gasteiger partial charge in [-0.25, -0.2) is 14.0 Å². The topological polar surface area (TPSA) is 99.6 Å². The summed E-state index contributed by atoms with van der Waals surface area (Å²) in [6.45, 7) is 1.13. The van der Waals surface area contributed by atoms with Crippen LogP contribution in [0.25, 0.3) is 0 Å². The SMILES string of the molecule is COC[C@@H]1COC(=O)N1c1ccc(C(=O)N2CCN(C(=O)O)CC2)c(F)c1. The van der Waals surface area contributed by atoms with Gasteiger partial charge in [0, 0.05) is 33.3 Å². The molecular formula is C17H20FN3O6. The van der Waals surface area contributed by atoms with Crippen molar-refractivity contribution in [1.82, 2.24) is 9.80 Å². The molecule has 2 heterocycles. The number of piperazine rings is 1. The van der Waals surface area contributed by atoms with E-state index < -0.39 is 23.9 Å². The monoisotopic (exact) mass is 381 g/mol. The van der Waals surface area contributed by atoms with Gasteiger partial charge in [0.05, 0.1) is 23.9 Å². The van der Waals surface area contributed by atoms with Crippen LogP contribution in [0.3, 0.4) is 0 Å². The van der Waals surface area contributed by atoms with Gasteiger partial charge in [-0.1, -0.05) is 0 Å². The lowest BCUT2D eigenvalue weighted by molar-refractivity contribution is 0.0620.